The van der Waals surface area contributed by atoms with Gasteiger partial charge in [0.15, 0.2) is 6.10 Å². The normalized spacial score (nSPS) is 15.6. The highest BCUT2D eigenvalue weighted by molar-refractivity contribution is 7.53. The molecule has 1 aromatic carbocycles. The lowest BCUT2D eigenvalue weighted by Crippen LogP contribution is -2.38. The standard InChI is InChI=1S/C19H31N2O6P/c1-14(2)13-18(21-17(22)11-10-15-7-4-3-5-8-15)28(25,26)27-16(19(23)24)9-6-12-20/h3-5,7-8,14,16,18H,6,9-13,20H2,1-2H3,(H,21,22)(H,23,24)(H,25,26)/t16?,18-/m0/s1. The molecule has 3 atom stereocenters. The van der Waals surface area contributed by atoms with Crippen LogP contribution in [-0.4, -0.2) is 40.3 Å². The average molecular weight is 414 g/mol. The topological polar surface area (TPSA) is 139 Å². The van der Waals surface area contributed by atoms with Crippen molar-refractivity contribution in [3.8, 4) is 0 Å². The van der Waals surface area contributed by atoms with Crippen molar-refractivity contribution in [3.05, 3.63) is 35.9 Å². The Hall–Kier alpha value is -1.73. The number of carboxylic acid groups (broad SMARTS) is 1. The Balaban J connectivity index is 2.78. The van der Waals surface area contributed by atoms with Gasteiger partial charge in [0, 0.05) is 6.42 Å². The zero-order valence-electron chi connectivity index (χ0n) is 16.4. The number of amides is 1. The molecular weight excluding hydrogens is 383 g/mol. The van der Waals surface area contributed by atoms with Crippen molar-refractivity contribution >= 4 is 19.5 Å². The first-order valence-corrected chi connectivity index (χ1v) is 11.1. The van der Waals surface area contributed by atoms with E-state index in [0.717, 1.165) is 5.56 Å². The van der Waals surface area contributed by atoms with Crippen molar-refractivity contribution in [2.45, 2.75) is 57.8 Å². The van der Waals surface area contributed by atoms with E-state index in [4.69, 9.17) is 10.3 Å². The molecule has 0 aliphatic rings. The summed E-state index contributed by atoms with van der Waals surface area (Å²) < 4.78 is 17.8. The van der Waals surface area contributed by atoms with Gasteiger partial charge in [-0.2, -0.15) is 0 Å². The maximum atomic E-state index is 12.8. The van der Waals surface area contributed by atoms with Gasteiger partial charge in [-0.05, 0) is 43.7 Å². The van der Waals surface area contributed by atoms with Gasteiger partial charge in [0.05, 0.1) is 0 Å². The van der Waals surface area contributed by atoms with Gasteiger partial charge < -0.3 is 21.1 Å². The average Bonchev–Trinajstić information content (AvgIpc) is 2.63. The largest absolute Gasteiger partial charge is 0.479 e. The van der Waals surface area contributed by atoms with Crippen LogP contribution in [0.4, 0.5) is 0 Å². The van der Waals surface area contributed by atoms with E-state index in [1.807, 2.05) is 44.2 Å². The number of aryl methyl sites for hydroxylation is 1. The van der Waals surface area contributed by atoms with Crippen molar-refractivity contribution < 1.29 is 28.7 Å². The van der Waals surface area contributed by atoms with Crippen LogP contribution in [0.3, 0.4) is 0 Å². The molecule has 0 spiro atoms. The predicted octanol–water partition coefficient (Wildman–Crippen LogP) is 2.50. The summed E-state index contributed by atoms with van der Waals surface area (Å²) in [6, 6.07) is 9.42. The third-order valence-corrected chi connectivity index (χ3v) is 5.81. The molecule has 0 radical (unpaired) electrons. The fraction of sp³-hybridized carbons (Fsp3) is 0.579. The van der Waals surface area contributed by atoms with Gasteiger partial charge in [-0.15, -0.1) is 0 Å². The van der Waals surface area contributed by atoms with Crippen molar-refractivity contribution in [3.63, 3.8) is 0 Å². The third kappa shape index (κ3) is 8.97. The number of carboxylic acids is 1. The Labute approximate surface area is 166 Å². The van der Waals surface area contributed by atoms with Crippen LogP contribution in [0.1, 0.15) is 45.1 Å². The Morgan fingerprint density at radius 1 is 1.25 bits per heavy atom. The molecule has 0 aromatic heterocycles. The van der Waals surface area contributed by atoms with E-state index in [0.29, 0.717) is 12.8 Å². The SMILES string of the molecule is CC(C)C[C@@H](NC(=O)CCc1ccccc1)P(=O)(O)OC(CCCN)C(=O)O. The van der Waals surface area contributed by atoms with Gasteiger partial charge >= 0.3 is 13.6 Å². The quantitative estimate of drug-likeness (QED) is 0.364. The van der Waals surface area contributed by atoms with E-state index in [-0.39, 0.29) is 37.6 Å². The summed E-state index contributed by atoms with van der Waals surface area (Å²) >= 11 is 0. The number of aliphatic carboxylic acids is 1. The highest BCUT2D eigenvalue weighted by Gasteiger charge is 2.38. The first-order valence-electron chi connectivity index (χ1n) is 9.42. The lowest BCUT2D eigenvalue weighted by atomic mass is 10.1. The van der Waals surface area contributed by atoms with Crippen LogP contribution in [0.5, 0.6) is 0 Å². The maximum absolute atomic E-state index is 12.8. The van der Waals surface area contributed by atoms with Crippen LogP contribution >= 0.6 is 7.60 Å². The molecule has 0 aliphatic carbocycles. The maximum Gasteiger partial charge on any atom is 0.351 e. The van der Waals surface area contributed by atoms with Crippen LogP contribution in [0, 0.1) is 5.92 Å². The van der Waals surface area contributed by atoms with Crippen molar-refractivity contribution in [1.29, 1.82) is 0 Å². The molecule has 158 valence electrons. The Morgan fingerprint density at radius 3 is 2.43 bits per heavy atom. The molecule has 0 bridgehead atoms. The van der Waals surface area contributed by atoms with Gasteiger partial charge in [0.1, 0.15) is 5.78 Å². The zero-order valence-corrected chi connectivity index (χ0v) is 17.3. The molecule has 9 heteroatoms. The lowest BCUT2D eigenvalue weighted by molar-refractivity contribution is -0.145. The molecule has 0 saturated carbocycles. The van der Waals surface area contributed by atoms with Crippen molar-refractivity contribution in [1.82, 2.24) is 5.32 Å². The molecule has 0 aliphatic heterocycles. The minimum atomic E-state index is -4.41. The van der Waals surface area contributed by atoms with Crippen molar-refractivity contribution in [2.24, 2.45) is 11.7 Å². The Morgan fingerprint density at radius 2 is 1.89 bits per heavy atom. The molecule has 0 fully saturated rings. The van der Waals surface area contributed by atoms with E-state index in [2.05, 4.69) is 5.32 Å². The number of carbonyl (C=O) groups is 2. The van der Waals surface area contributed by atoms with E-state index >= 15 is 0 Å². The zero-order chi connectivity index (χ0) is 21.2. The molecule has 8 nitrogen and oxygen atoms in total. The minimum absolute atomic E-state index is 0.00387. The summed E-state index contributed by atoms with van der Waals surface area (Å²) in [5.74, 6) is -2.89. The number of hydrogen-bond donors (Lipinski definition) is 4. The number of benzene rings is 1. The molecule has 1 aromatic rings. The number of carbonyl (C=O) groups excluding carboxylic acids is 1. The Kier molecular flexibility index (Phi) is 10.4. The number of hydrogen-bond acceptors (Lipinski definition) is 5. The fourth-order valence-corrected chi connectivity index (χ4v) is 4.36. The van der Waals surface area contributed by atoms with Crippen LogP contribution in [0.15, 0.2) is 30.3 Å². The molecular formula is C19H31N2O6P. The number of rotatable bonds is 13. The highest BCUT2D eigenvalue weighted by Crippen LogP contribution is 2.50. The first-order chi connectivity index (χ1) is 13.2. The fourth-order valence-electron chi connectivity index (χ4n) is 2.66. The van der Waals surface area contributed by atoms with Crippen LogP contribution in [-0.2, 0) is 25.1 Å². The summed E-state index contributed by atoms with van der Waals surface area (Å²) in [5, 5.41) is 11.8. The monoisotopic (exact) mass is 414 g/mol. The molecule has 1 amide bonds. The van der Waals surface area contributed by atoms with E-state index in [9.17, 15) is 24.2 Å². The van der Waals surface area contributed by atoms with Crippen molar-refractivity contribution in [2.75, 3.05) is 6.54 Å². The van der Waals surface area contributed by atoms with Gasteiger partial charge in [-0.25, -0.2) is 4.79 Å². The molecule has 0 saturated heterocycles. The lowest BCUT2D eigenvalue weighted by Gasteiger charge is -2.27. The number of nitrogens with one attached hydrogen (secondary N) is 1. The molecule has 2 unspecified atom stereocenters. The second-order valence-electron chi connectivity index (χ2n) is 7.13. The van der Waals surface area contributed by atoms with E-state index in [1.54, 1.807) is 0 Å². The van der Waals surface area contributed by atoms with Crippen LogP contribution in [0.25, 0.3) is 0 Å². The van der Waals surface area contributed by atoms with Gasteiger partial charge in [0.2, 0.25) is 5.91 Å². The smallest absolute Gasteiger partial charge is 0.351 e. The number of nitrogens with two attached hydrogens (primary N) is 1. The molecule has 5 N–H and O–H groups in total. The highest BCUT2D eigenvalue weighted by atomic mass is 31.2. The second kappa shape index (κ2) is 12.0. The summed E-state index contributed by atoms with van der Waals surface area (Å²) in [6.45, 7) is 3.92. The summed E-state index contributed by atoms with van der Waals surface area (Å²) in [6.07, 6.45) is -0.258. The van der Waals surface area contributed by atoms with E-state index < -0.39 is 25.5 Å². The summed E-state index contributed by atoms with van der Waals surface area (Å²) in [7, 11) is -4.41. The summed E-state index contributed by atoms with van der Waals surface area (Å²) in [4.78, 5) is 34.0. The third-order valence-electron chi connectivity index (χ3n) is 4.12. The van der Waals surface area contributed by atoms with Crippen LogP contribution in [0.2, 0.25) is 0 Å². The predicted molar refractivity (Wildman–Crippen MR) is 107 cm³/mol. The molecule has 1 rings (SSSR count). The Bertz CT molecular complexity index is 668. The molecule has 0 heterocycles. The minimum Gasteiger partial charge on any atom is -0.479 e. The molecule has 28 heavy (non-hydrogen) atoms. The first kappa shape index (κ1) is 24.3. The van der Waals surface area contributed by atoms with Gasteiger partial charge in [-0.3, -0.25) is 13.9 Å². The van der Waals surface area contributed by atoms with Crippen LogP contribution < -0.4 is 11.1 Å². The van der Waals surface area contributed by atoms with E-state index in [1.165, 1.54) is 0 Å². The van der Waals surface area contributed by atoms with Gasteiger partial charge in [-0.1, -0.05) is 44.2 Å². The van der Waals surface area contributed by atoms with Gasteiger partial charge in [0.25, 0.3) is 0 Å². The summed E-state index contributed by atoms with van der Waals surface area (Å²) in [5.41, 5.74) is 6.36. The second-order valence-corrected chi connectivity index (χ2v) is 9.09.